The standard InChI is InChI=1S/C25H22N2O2S/c1-2-21(28)29-23-22(26)27-24(30-23)25(18-12-6-3-7-13-18,19-14-8-4-9-15-19)20-16-10-5-11-17-20/h3-17H,2,26H2,1H3. The van der Waals surface area contributed by atoms with E-state index in [-0.39, 0.29) is 18.2 Å². The van der Waals surface area contributed by atoms with Gasteiger partial charge in [-0.25, -0.2) is 4.98 Å². The molecule has 5 heteroatoms. The lowest BCUT2D eigenvalue weighted by molar-refractivity contribution is -0.133. The van der Waals surface area contributed by atoms with Crippen molar-refractivity contribution in [3.8, 4) is 5.06 Å². The number of esters is 1. The lowest BCUT2D eigenvalue weighted by Gasteiger charge is -2.34. The molecule has 0 saturated heterocycles. The molecule has 30 heavy (non-hydrogen) atoms. The predicted molar refractivity (Wildman–Crippen MR) is 121 cm³/mol. The lowest BCUT2D eigenvalue weighted by atomic mass is 9.70. The first-order valence-corrected chi connectivity index (χ1v) is 10.6. The van der Waals surface area contributed by atoms with E-state index >= 15 is 0 Å². The van der Waals surface area contributed by atoms with E-state index in [9.17, 15) is 4.79 Å². The van der Waals surface area contributed by atoms with E-state index in [0.29, 0.717) is 5.06 Å². The highest BCUT2D eigenvalue weighted by molar-refractivity contribution is 7.14. The number of aromatic nitrogens is 1. The number of hydrogen-bond acceptors (Lipinski definition) is 5. The zero-order chi connectivity index (χ0) is 21.0. The summed E-state index contributed by atoms with van der Waals surface area (Å²) in [4.78, 5) is 16.6. The normalized spacial score (nSPS) is 11.2. The van der Waals surface area contributed by atoms with Crippen LogP contribution in [0.2, 0.25) is 0 Å². The van der Waals surface area contributed by atoms with Crippen LogP contribution in [-0.2, 0) is 10.2 Å². The second kappa shape index (κ2) is 8.51. The molecule has 3 aromatic carbocycles. The fraction of sp³-hybridized carbons (Fsp3) is 0.120. The molecule has 0 radical (unpaired) electrons. The summed E-state index contributed by atoms with van der Waals surface area (Å²) in [7, 11) is 0. The molecule has 0 aliphatic rings. The van der Waals surface area contributed by atoms with Gasteiger partial charge in [0.1, 0.15) is 5.01 Å². The van der Waals surface area contributed by atoms with E-state index in [1.807, 2.05) is 54.6 Å². The van der Waals surface area contributed by atoms with E-state index in [2.05, 4.69) is 36.4 Å². The van der Waals surface area contributed by atoms with Gasteiger partial charge in [-0.3, -0.25) is 4.79 Å². The van der Waals surface area contributed by atoms with Crippen molar-refractivity contribution in [2.75, 3.05) is 5.73 Å². The van der Waals surface area contributed by atoms with Crippen molar-refractivity contribution in [2.45, 2.75) is 18.8 Å². The van der Waals surface area contributed by atoms with Crippen LogP contribution in [0.25, 0.3) is 0 Å². The van der Waals surface area contributed by atoms with Crippen LogP contribution in [0.4, 0.5) is 5.82 Å². The van der Waals surface area contributed by atoms with Crippen molar-refractivity contribution in [2.24, 2.45) is 0 Å². The van der Waals surface area contributed by atoms with E-state index < -0.39 is 5.41 Å². The minimum absolute atomic E-state index is 0.226. The fourth-order valence-electron chi connectivity index (χ4n) is 3.66. The largest absolute Gasteiger partial charge is 0.411 e. The highest BCUT2D eigenvalue weighted by Gasteiger charge is 2.42. The predicted octanol–water partition coefficient (Wildman–Crippen LogP) is 5.42. The maximum absolute atomic E-state index is 11.9. The van der Waals surface area contributed by atoms with E-state index in [0.717, 1.165) is 21.7 Å². The molecule has 0 atom stereocenters. The maximum Gasteiger partial charge on any atom is 0.311 e. The molecule has 0 fully saturated rings. The molecule has 0 amide bonds. The summed E-state index contributed by atoms with van der Waals surface area (Å²) in [5.41, 5.74) is 8.68. The van der Waals surface area contributed by atoms with Gasteiger partial charge >= 0.3 is 5.97 Å². The monoisotopic (exact) mass is 414 g/mol. The molecule has 0 aliphatic heterocycles. The van der Waals surface area contributed by atoms with Crippen molar-refractivity contribution in [1.82, 2.24) is 4.98 Å². The number of carbonyl (C=O) groups excluding carboxylic acids is 1. The first-order valence-electron chi connectivity index (χ1n) is 9.80. The van der Waals surface area contributed by atoms with Gasteiger partial charge in [-0.2, -0.15) is 0 Å². The average molecular weight is 415 g/mol. The van der Waals surface area contributed by atoms with Gasteiger partial charge < -0.3 is 10.5 Å². The third-order valence-electron chi connectivity index (χ3n) is 5.06. The Labute approximate surface area is 180 Å². The van der Waals surface area contributed by atoms with Crippen LogP contribution >= 0.6 is 11.3 Å². The Morgan fingerprint density at radius 3 is 1.70 bits per heavy atom. The SMILES string of the molecule is CCC(=O)Oc1sc(C(c2ccccc2)(c2ccccc2)c2ccccc2)nc1N. The molecule has 0 spiro atoms. The van der Waals surface area contributed by atoms with Crippen molar-refractivity contribution in [1.29, 1.82) is 0 Å². The highest BCUT2D eigenvalue weighted by atomic mass is 32.1. The van der Waals surface area contributed by atoms with Gasteiger partial charge in [0, 0.05) is 6.42 Å². The molecule has 0 bridgehead atoms. The molecule has 1 heterocycles. The van der Waals surface area contributed by atoms with Crippen LogP contribution < -0.4 is 10.5 Å². The Hall–Kier alpha value is -3.44. The van der Waals surface area contributed by atoms with Gasteiger partial charge in [-0.15, -0.1) is 0 Å². The van der Waals surface area contributed by atoms with E-state index in [1.54, 1.807) is 6.92 Å². The minimum atomic E-state index is -0.695. The van der Waals surface area contributed by atoms with Crippen LogP contribution in [0.5, 0.6) is 5.06 Å². The number of anilines is 1. The summed E-state index contributed by atoms with van der Waals surface area (Å²) in [5, 5.41) is 1.09. The topological polar surface area (TPSA) is 65.2 Å². The van der Waals surface area contributed by atoms with Crippen LogP contribution in [0.3, 0.4) is 0 Å². The number of carbonyl (C=O) groups is 1. The third kappa shape index (κ3) is 3.48. The smallest absolute Gasteiger partial charge is 0.311 e. The Balaban J connectivity index is 2.04. The number of nitrogens with zero attached hydrogens (tertiary/aromatic N) is 1. The van der Waals surface area contributed by atoms with E-state index in [1.165, 1.54) is 11.3 Å². The Morgan fingerprint density at radius 2 is 1.30 bits per heavy atom. The summed E-state index contributed by atoms with van der Waals surface area (Å²) in [6.07, 6.45) is 0.272. The van der Waals surface area contributed by atoms with Gasteiger partial charge in [0.25, 0.3) is 0 Å². The number of hydrogen-bond donors (Lipinski definition) is 1. The summed E-state index contributed by atoms with van der Waals surface area (Å²) < 4.78 is 5.47. The van der Waals surface area contributed by atoms with Gasteiger partial charge in [0.2, 0.25) is 5.06 Å². The number of ether oxygens (including phenoxy) is 1. The van der Waals surface area contributed by atoms with E-state index in [4.69, 9.17) is 15.5 Å². The molecule has 150 valence electrons. The fourth-order valence-corrected chi connectivity index (χ4v) is 4.77. The lowest BCUT2D eigenvalue weighted by Crippen LogP contribution is -2.30. The summed E-state index contributed by atoms with van der Waals surface area (Å²) in [5.74, 6) is -0.106. The van der Waals surface area contributed by atoms with Crippen molar-refractivity contribution < 1.29 is 9.53 Å². The molecule has 0 aliphatic carbocycles. The Bertz CT molecular complexity index is 1030. The number of nitrogen functional groups attached to an aromatic ring is 1. The summed E-state index contributed by atoms with van der Waals surface area (Å²) in [6.45, 7) is 1.75. The van der Waals surface area contributed by atoms with Crippen molar-refractivity contribution in [3.63, 3.8) is 0 Å². The van der Waals surface area contributed by atoms with Crippen LogP contribution in [0, 0.1) is 0 Å². The summed E-state index contributed by atoms with van der Waals surface area (Å²) in [6, 6.07) is 30.7. The molecule has 0 saturated carbocycles. The molecule has 1 aromatic heterocycles. The Morgan fingerprint density at radius 1 is 0.867 bits per heavy atom. The molecular formula is C25H22N2O2S. The second-order valence-corrected chi connectivity index (χ2v) is 7.83. The van der Waals surface area contributed by atoms with Crippen molar-refractivity contribution >= 4 is 23.1 Å². The quantitative estimate of drug-likeness (QED) is 0.338. The molecule has 2 N–H and O–H groups in total. The number of thiazole rings is 1. The molecular weight excluding hydrogens is 392 g/mol. The average Bonchev–Trinajstić information content (AvgIpc) is 3.16. The number of nitrogens with two attached hydrogens (primary N) is 1. The highest BCUT2D eigenvalue weighted by Crippen LogP contribution is 2.48. The summed E-state index contributed by atoms with van der Waals surface area (Å²) >= 11 is 1.32. The van der Waals surface area contributed by atoms with Crippen LogP contribution in [0.15, 0.2) is 91.0 Å². The molecule has 0 unspecified atom stereocenters. The zero-order valence-electron chi connectivity index (χ0n) is 16.6. The number of benzene rings is 3. The van der Waals surface area contributed by atoms with Gasteiger partial charge in [-0.1, -0.05) is 109 Å². The van der Waals surface area contributed by atoms with Crippen LogP contribution in [0.1, 0.15) is 35.0 Å². The van der Waals surface area contributed by atoms with Gasteiger partial charge in [0.15, 0.2) is 5.82 Å². The Kier molecular flexibility index (Phi) is 5.63. The minimum Gasteiger partial charge on any atom is -0.411 e. The first-order chi connectivity index (χ1) is 14.7. The first kappa shape index (κ1) is 19.9. The second-order valence-electron chi connectivity index (χ2n) is 6.87. The third-order valence-corrected chi connectivity index (χ3v) is 6.13. The van der Waals surface area contributed by atoms with Gasteiger partial charge in [-0.05, 0) is 16.7 Å². The van der Waals surface area contributed by atoms with Crippen LogP contribution in [-0.4, -0.2) is 11.0 Å². The van der Waals surface area contributed by atoms with Gasteiger partial charge in [0.05, 0.1) is 5.41 Å². The zero-order valence-corrected chi connectivity index (χ0v) is 17.4. The molecule has 4 aromatic rings. The molecule has 4 rings (SSSR count). The maximum atomic E-state index is 11.9. The van der Waals surface area contributed by atoms with Crippen molar-refractivity contribution in [3.05, 3.63) is 113 Å². The number of rotatable bonds is 6. The molecule has 4 nitrogen and oxygen atoms in total.